The molecule has 0 fully saturated rings. The van der Waals surface area contributed by atoms with Gasteiger partial charge in [-0.15, -0.1) is 0 Å². The van der Waals surface area contributed by atoms with Crippen molar-refractivity contribution in [2.24, 2.45) is 11.8 Å². The number of alkyl halides is 2. The Bertz CT molecular complexity index is 551. The van der Waals surface area contributed by atoms with Gasteiger partial charge in [0.25, 0.3) is 5.92 Å². The number of benzene rings is 1. The minimum atomic E-state index is -3.26. The quantitative estimate of drug-likeness (QED) is 0.508. The van der Waals surface area contributed by atoms with Crippen molar-refractivity contribution in [3.63, 3.8) is 0 Å². The molecule has 1 aliphatic rings. The highest BCUT2D eigenvalue weighted by Gasteiger charge is 2.50. The largest absolute Gasteiger partial charge is 0.279 e. The molecule has 2 atom stereocenters. The molecule has 2 unspecified atom stereocenters. The van der Waals surface area contributed by atoms with Crippen LogP contribution in [-0.4, -0.2) is 0 Å². The van der Waals surface area contributed by atoms with Gasteiger partial charge in [-0.3, -0.25) is 0 Å². The van der Waals surface area contributed by atoms with Crippen molar-refractivity contribution in [1.29, 1.82) is 0 Å². The smallest absolute Gasteiger partial charge is 0.203 e. The van der Waals surface area contributed by atoms with E-state index >= 15 is 0 Å². The van der Waals surface area contributed by atoms with Crippen molar-refractivity contribution < 1.29 is 17.6 Å². The lowest BCUT2D eigenvalue weighted by molar-refractivity contribution is -0.0589. The van der Waals surface area contributed by atoms with Crippen LogP contribution in [0.15, 0.2) is 6.07 Å². The van der Waals surface area contributed by atoms with Crippen LogP contribution >= 0.6 is 0 Å². The molecule has 23 heavy (non-hydrogen) atoms. The fraction of sp³-hybridized carbons (Fsp3) is 0.684. The summed E-state index contributed by atoms with van der Waals surface area (Å²) in [6.07, 6.45) is 4.62. The van der Waals surface area contributed by atoms with Gasteiger partial charge in [-0.1, -0.05) is 52.5 Å². The average molecular weight is 330 g/mol. The lowest BCUT2D eigenvalue weighted by Crippen LogP contribution is -2.22. The van der Waals surface area contributed by atoms with Crippen LogP contribution in [0.5, 0.6) is 0 Å². The maximum absolute atomic E-state index is 14.5. The Morgan fingerprint density at radius 1 is 1.17 bits per heavy atom. The summed E-state index contributed by atoms with van der Waals surface area (Å²) >= 11 is 0. The molecule has 0 nitrogen and oxygen atoms in total. The van der Waals surface area contributed by atoms with E-state index in [1.807, 2.05) is 0 Å². The molecule has 1 aromatic carbocycles. The molecule has 0 radical (unpaired) electrons. The molecule has 0 heterocycles. The molecule has 4 heteroatoms. The fourth-order valence-corrected chi connectivity index (χ4v) is 3.75. The van der Waals surface area contributed by atoms with E-state index in [2.05, 4.69) is 13.8 Å². The second kappa shape index (κ2) is 7.23. The molecule has 0 spiro atoms. The zero-order valence-corrected chi connectivity index (χ0v) is 14.2. The van der Waals surface area contributed by atoms with Gasteiger partial charge in [0.15, 0.2) is 11.6 Å². The average Bonchev–Trinajstić information content (AvgIpc) is 2.74. The predicted molar refractivity (Wildman–Crippen MR) is 84.7 cm³/mol. The van der Waals surface area contributed by atoms with Crippen LogP contribution in [0, 0.1) is 23.5 Å². The van der Waals surface area contributed by atoms with Gasteiger partial charge >= 0.3 is 0 Å². The minimum absolute atomic E-state index is 0.148. The predicted octanol–water partition coefficient (Wildman–Crippen LogP) is 6.40. The molecule has 0 bridgehead atoms. The molecule has 0 N–H and O–H groups in total. The van der Waals surface area contributed by atoms with E-state index in [1.54, 1.807) is 6.92 Å². The summed E-state index contributed by atoms with van der Waals surface area (Å²) in [6, 6.07) is 1.43. The Hall–Kier alpha value is -1.06. The Labute approximate surface area is 136 Å². The highest BCUT2D eigenvalue weighted by atomic mass is 19.3. The van der Waals surface area contributed by atoms with Gasteiger partial charge in [-0.05, 0) is 36.3 Å². The summed E-state index contributed by atoms with van der Waals surface area (Å²) in [5.41, 5.74) is -0.217. The van der Waals surface area contributed by atoms with Crippen molar-refractivity contribution in [3.05, 3.63) is 34.4 Å². The third kappa shape index (κ3) is 3.56. The summed E-state index contributed by atoms with van der Waals surface area (Å²) in [5, 5.41) is 0. The number of rotatable bonds is 7. The van der Waals surface area contributed by atoms with Crippen LogP contribution < -0.4 is 0 Å². The number of hydrogen-bond donors (Lipinski definition) is 0. The van der Waals surface area contributed by atoms with Gasteiger partial charge in [0.2, 0.25) is 0 Å². The van der Waals surface area contributed by atoms with Crippen LogP contribution in [-0.2, 0) is 18.8 Å². The van der Waals surface area contributed by atoms with Crippen molar-refractivity contribution in [3.8, 4) is 0 Å². The van der Waals surface area contributed by atoms with E-state index < -0.39 is 29.0 Å². The topological polar surface area (TPSA) is 0 Å². The summed E-state index contributed by atoms with van der Waals surface area (Å²) in [5.74, 6) is -6.10. The second-order valence-corrected chi connectivity index (χ2v) is 6.90. The first-order chi connectivity index (χ1) is 10.8. The normalized spacial score (nSPS) is 20.6. The molecular formula is C19H26F4. The SMILES string of the molecule is CCCC(C)CCCC1Cc2cc(CC)c(F)c(F)c2C1(F)F. The van der Waals surface area contributed by atoms with E-state index in [0.717, 1.165) is 19.3 Å². The van der Waals surface area contributed by atoms with Gasteiger partial charge in [0, 0.05) is 5.92 Å². The Balaban J connectivity index is 2.13. The first-order valence-corrected chi connectivity index (χ1v) is 8.70. The molecule has 0 aliphatic heterocycles. The van der Waals surface area contributed by atoms with Gasteiger partial charge < -0.3 is 0 Å². The second-order valence-electron chi connectivity index (χ2n) is 6.90. The zero-order valence-electron chi connectivity index (χ0n) is 14.2. The Morgan fingerprint density at radius 3 is 2.48 bits per heavy atom. The van der Waals surface area contributed by atoms with Crippen LogP contribution in [0.3, 0.4) is 0 Å². The third-order valence-electron chi connectivity index (χ3n) is 5.09. The standard InChI is InChI=1S/C19H26F4/c1-4-7-12(3)8-6-9-15-11-14-10-13(5-2)17(20)18(21)16(14)19(15,22)23/h10,12,15H,4-9,11H2,1-3H3. The number of aryl methyl sites for hydroxylation is 1. The van der Waals surface area contributed by atoms with E-state index in [4.69, 9.17) is 0 Å². The van der Waals surface area contributed by atoms with Crippen molar-refractivity contribution in [1.82, 2.24) is 0 Å². The molecule has 1 aliphatic carbocycles. The van der Waals surface area contributed by atoms with Crippen LogP contribution in [0.25, 0.3) is 0 Å². The third-order valence-corrected chi connectivity index (χ3v) is 5.09. The summed E-state index contributed by atoms with van der Waals surface area (Å²) in [6.45, 7) is 5.94. The lowest BCUT2D eigenvalue weighted by Gasteiger charge is -2.21. The van der Waals surface area contributed by atoms with Crippen molar-refractivity contribution in [2.75, 3.05) is 0 Å². The molecule has 0 saturated carbocycles. The van der Waals surface area contributed by atoms with Crippen LogP contribution in [0.2, 0.25) is 0 Å². The van der Waals surface area contributed by atoms with Gasteiger partial charge in [0.05, 0.1) is 5.56 Å². The van der Waals surface area contributed by atoms with Gasteiger partial charge in [0.1, 0.15) is 0 Å². The van der Waals surface area contributed by atoms with E-state index in [-0.39, 0.29) is 17.5 Å². The molecule has 1 aromatic rings. The maximum Gasteiger partial charge on any atom is 0.279 e. The fourth-order valence-electron chi connectivity index (χ4n) is 3.75. The van der Waals surface area contributed by atoms with Gasteiger partial charge in [-0.2, -0.15) is 0 Å². The molecular weight excluding hydrogens is 304 g/mol. The first-order valence-electron chi connectivity index (χ1n) is 8.70. The molecule has 0 amide bonds. The zero-order chi connectivity index (χ0) is 17.2. The van der Waals surface area contributed by atoms with Crippen molar-refractivity contribution >= 4 is 0 Å². The Morgan fingerprint density at radius 2 is 1.87 bits per heavy atom. The summed E-state index contributed by atoms with van der Waals surface area (Å²) in [4.78, 5) is 0. The highest BCUT2D eigenvalue weighted by Crippen LogP contribution is 2.50. The monoisotopic (exact) mass is 330 g/mol. The summed E-state index contributed by atoms with van der Waals surface area (Å²) < 4.78 is 57.1. The van der Waals surface area contributed by atoms with Crippen molar-refractivity contribution in [2.45, 2.75) is 71.6 Å². The molecule has 0 saturated heterocycles. The molecule has 130 valence electrons. The molecule has 2 rings (SSSR count). The first kappa shape index (κ1) is 18.3. The van der Waals surface area contributed by atoms with E-state index in [0.29, 0.717) is 25.2 Å². The van der Waals surface area contributed by atoms with Crippen LogP contribution in [0.1, 0.15) is 69.6 Å². The van der Waals surface area contributed by atoms with Gasteiger partial charge in [-0.25, -0.2) is 17.6 Å². The minimum Gasteiger partial charge on any atom is -0.203 e. The lowest BCUT2D eigenvalue weighted by atomic mass is 9.92. The van der Waals surface area contributed by atoms with E-state index in [9.17, 15) is 17.6 Å². The number of halogens is 4. The number of fused-ring (bicyclic) bond motifs is 1. The van der Waals surface area contributed by atoms with E-state index in [1.165, 1.54) is 6.07 Å². The maximum atomic E-state index is 14.5. The Kier molecular flexibility index (Phi) is 5.74. The number of hydrogen-bond acceptors (Lipinski definition) is 0. The highest BCUT2D eigenvalue weighted by molar-refractivity contribution is 5.42. The molecule has 0 aromatic heterocycles. The van der Waals surface area contributed by atoms with Crippen LogP contribution in [0.4, 0.5) is 17.6 Å². The summed E-state index contributed by atoms with van der Waals surface area (Å²) in [7, 11) is 0.